The Morgan fingerprint density at radius 3 is 2.26 bits per heavy atom. The van der Waals surface area contributed by atoms with Crippen LogP contribution in [0.5, 0.6) is 0 Å². The van der Waals surface area contributed by atoms with E-state index >= 15 is 0 Å². The maximum absolute atomic E-state index is 13.1. The summed E-state index contributed by atoms with van der Waals surface area (Å²) < 4.78 is 11.9. The second-order valence-electron chi connectivity index (χ2n) is 19.5. The number of rotatable bonds is 8. The third kappa shape index (κ3) is 5.56. The van der Waals surface area contributed by atoms with Crippen molar-refractivity contribution < 1.29 is 24.2 Å². The van der Waals surface area contributed by atoms with Crippen LogP contribution in [0.3, 0.4) is 0 Å². The molecule has 1 N–H and O–H groups in total. The number of morpholine rings is 1. The van der Waals surface area contributed by atoms with Crippen LogP contribution in [0.4, 0.5) is 0 Å². The monoisotopic (exact) mass is 654 g/mol. The van der Waals surface area contributed by atoms with E-state index in [-0.39, 0.29) is 29.3 Å². The molecule has 0 aromatic rings. The van der Waals surface area contributed by atoms with Crippen LogP contribution < -0.4 is 0 Å². The minimum Gasteiger partial charge on any atom is -0.481 e. The molecule has 1 heterocycles. The summed E-state index contributed by atoms with van der Waals surface area (Å²) in [5.41, 5.74) is 1.45. The highest BCUT2D eigenvalue weighted by Gasteiger charge is 2.71. The summed E-state index contributed by atoms with van der Waals surface area (Å²) in [5, 5.41) is 9.59. The van der Waals surface area contributed by atoms with Gasteiger partial charge in [0, 0.05) is 18.5 Å². The number of hydrogen-bond acceptors (Lipinski definition) is 5. The predicted molar refractivity (Wildman–Crippen MR) is 187 cm³/mol. The number of fused-ring (bicyclic) bond motifs is 7. The first-order chi connectivity index (χ1) is 21.9. The van der Waals surface area contributed by atoms with Gasteiger partial charge in [0.15, 0.2) is 0 Å². The van der Waals surface area contributed by atoms with E-state index in [0.29, 0.717) is 34.0 Å². The van der Waals surface area contributed by atoms with Crippen LogP contribution in [-0.4, -0.2) is 60.9 Å². The van der Waals surface area contributed by atoms with E-state index in [4.69, 9.17) is 9.47 Å². The zero-order valence-electron chi connectivity index (χ0n) is 31.2. The lowest BCUT2D eigenvalue weighted by Crippen LogP contribution is -2.66. The lowest BCUT2D eigenvalue weighted by atomic mass is 9.32. The van der Waals surface area contributed by atoms with E-state index in [1.54, 1.807) is 13.8 Å². The van der Waals surface area contributed by atoms with Gasteiger partial charge in [0.25, 0.3) is 0 Å². The Hall–Kier alpha value is -1.40. The van der Waals surface area contributed by atoms with E-state index < -0.39 is 11.4 Å². The van der Waals surface area contributed by atoms with Crippen molar-refractivity contribution in [2.24, 2.45) is 62.1 Å². The lowest BCUT2D eigenvalue weighted by molar-refractivity contribution is -0.250. The maximum atomic E-state index is 13.1. The second kappa shape index (κ2) is 12.1. The molecule has 0 spiro atoms. The number of hydrogen-bond donors (Lipinski definition) is 1. The summed E-state index contributed by atoms with van der Waals surface area (Å²) in [6.45, 7) is 28.1. The van der Waals surface area contributed by atoms with Crippen LogP contribution in [0.15, 0.2) is 12.2 Å². The van der Waals surface area contributed by atoms with E-state index in [0.717, 1.165) is 51.0 Å². The van der Waals surface area contributed by atoms with E-state index in [2.05, 4.69) is 53.0 Å². The van der Waals surface area contributed by atoms with Gasteiger partial charge in [0.05, 0.1) is 25.0 Å². The number of carbonyl (C=O) groups excluding carboxylic acids is 1. The van der Waals surface area contributed by atoms with E-state index in [9.17, 15) is 14.7 Å². The zero-order valence-corrected chi connectivity index (χ0v) is 31.2. The molecule has 0 amide bonds. The summed E-state index contributed by atoms with van der Waals surface area (Å²) in [6.07, 6.45) is 13.6. The molecule has 0 aromatic heterocycles. The molecule has 5 saturated carbocycles. The van der Waals surface area contributed by atoms with Gasteiger partial charge < -0.3 is 14.6 Å². The molecule has 266 valence electrons. The molecule has 6 heteroatoms. The van der Waals surface area contributed by atoms with Crippen molar-refractivity contribution in [2.75, 3.05) is 32.8 Å². The van der Waals surface area contributed by atoms with Crippen molar-refractivity contribution in [2.45, 2.75) is 139 Å². The number of aliphatic carboxylic acids is 1. The minimum absolute atomic E-state index is 0.0857. The Morgan fingerprint density at radius 2 is 1.60 bits per heavy atom. The molecule has 2 unspecified atom stereocenters. The molecule has 0 radical (unpaired) electrons. The van der Waals surface area contributed by atoms with Crippen LogP contribution in [0.25, 0.3) is 0 Å². The topological polar surface area (TPSA) is 76.1 Å². The Balaban J connectivity index is 1.23. The summed E-state index contributed by atoms with van der Waals surface area (Å²) in [5.74, 6) is 2.01. The minimum atomic E-state index is -1.12. The number of ether oxygens (including phenoxy) is 2. The van der Waals surface area contributed by atoms with Crippen LogP contribution in [0.1, 0.15) is 132 Å². The first-order valence-electron chi connectivity index (χ1n) is 19.3. The van der Waals surface area contributed by atoms with Gasteiger partial charge in [-0.25, -0.2) is 0 Å². The van der Waals surface area contributed by atoms with Gasteiger partial charge in [-0.1, -0.05) is 46.8 Å². The van der Waals surface area contributed by atoms with Gasteiger partial charge in [-0.05, 0) is 149 Å². The third-order valence-electron chi connectivity index (χ3n) is 16.6. The molecule has 47 heavy (non-hydrogen) atoms. The number of esters is 1. The molecular weight excluding hydrogens is 586 g/mol. The second-order valence-corrected chi connectivity index (χ2v) is 19.5. The summed E-state index contributed by atoms with van der Waals surface area (Å²) in [7, 11) is 0. The van der Waals surface area contributed by atoms with Gasteiger partial charge >= 0.3 is 11.9 Å². The fraction of sp³-hybridized carbons (Fsp3) is 0.902. The van der Waals surface area contributed by atoms with Crippen molar-refractivity contribution in [3.05, 3.63) is 12.2 Å². The summed E-state index contributed by atoms with van der Waals surface area (Å²) >= 11 is 0. The Bertz CT molecular complexity index is 1240. The maximum Gasteiger partial charge on any atom is 0.309 e. The average molecular weight is 654 g/mol. The van der Waals surface area contributed by atoms with Gasteiger partial charge in [-0.15, -0.1) is 0 Å². The van der Waals surface area contributed by atoms with Gasteiger partial charge in [0.1, 0.15) is 6.10 Å². The highest BCUT2D eigenvalue weighted by atomic mass is 16.5. The van der Waals surface area contributed by atoms with Gasteiger partial charge in [-0.2, -0.15) is 0 Å². The molecule has 10 atom stereocenters. The quantitative estimate of drug-likeness (QED) is 0.209. The highest BCUT2D eigenvalue weighted by Crippen LogP contribution is 2.78. The first-order valence-corrected chi connectivity index (χ1v) is 19.3. The standard InChI is InChI=1S/C41H67NO5/c1-27(2)28-12-17-41(20-21-42-22-24-46-25-23-42)19-18-39(8)29(34(28)41)10-11-31-38(7)15-14-32(47-33(43)26-36(3,4)35(44)45)37(5,6)30(38)13-16-40(31,39)9/h28-32,34H,1,10-26H2,2-9H3,(H,44,45)/t28-,29+,30?,31?,32-,34+,38-,39+,40+,41+/m0/s1. The van der Waals surface area contributed by atoms with Crippen molar-refractivity contribution in [3.8, 4) is 0 Å². The largest absolute Gasteiger partial charge is 0.481 e. The molecule has 1 saturated heterocycles. The normalized spacial score (nSPS) is 44.8. The Labute approximate surface area is 286 Å². The SMILES string of the molecule is C=C(C)[C@@H]1CC[C@]2(CCN3CCOCC3)CC[C@]3(C)[C@H](CCC4[C@@]5(C)CC[C@H](OC(=O)CC(C)(C)C(=O)O)C(C)(C)C5CC[C@]43C)[C@@H]12. The van der Waals surface area contributed by atoms with E-state index in [1.807, 2.05) is 0 Å². The van der Waals surface area contributed by atoms with Gasteiger partial charge in [-0.3, -0.25) is 14.5 Å². The fourth-order valence-electron chi connectivity index (χ4n) is 13.7. The number of carboxylic acids is 1. The molecule has 6 rings (SSSR count). The Kier molecular flexibility index (Phi) is 9.14. The van der Waals surface area contributed by atoms with Crippen LogP contribution in [0.2, 0.25) is 0 Å². The number of allylic oxidation sites excluding steroid dienone is 1. The third-order valence-corrected chi connectivity index (χ3v) is 16.6. The molecule has 5 aliphatic carbocycles. The van der Waals surface area contributed by atoms with Crippen molar-refractivity contribution in [1.29, 1.82) is 0 Å². The molecule has 0 bridgehead atoms. The highest BCUT2D eigenvalue weighted by molar-refractivity contribution is 5.81. The molecule has 6 nitrogen and oxygen atoms in total. The molecule has 1 aliphatic heterocycles. The van der Waals surface area contributed by atoms with Gasteiger partial charge in [0.2, 0.25) is 0 Å². The van der Waals surface area contributed by atoms with E-state index in [1.165, 1.54) is 69.9 Å². The van der Waals surface area contributed by atoms with Crippen molar-refractivity contribution >= 4 is 11.9 Å². The molecule has 6 aliphatic rings. The first kappa shape index (κ1) is 35.4. The zero-order chi connectivity index (χ0) is 34.2. The van der Waals surface area contributed by atoms with Crippen molar-refractivity contribution in [1.82, 2.24) is 4.90 Å². The predicted octanol–water partition coefficient (Wildman–Crippen LogP) is 8.78. The average Bonchev–Trinajstić information content (AvgIpc) is 3.38. The summed E-state index contributed by atoms with van der Waals surface area (Å²) in [6, 6.07) is 0. The number of carboxylic acid groups (broad SMARTS) is 1. The fourth-order valence-corrected chi connectivity index (χ4v) is 13.7. The lowest BCUT2D eigenvalue weighted by Gasteiger charge is -2.73. The van der Waals surface area contributed by atoms with Crippen molar-refractivity contribution in [3.63, 3.8) is 0 Å². The van der Waals surface area contributed by atoms with Crippen LogP contribution in [-0.2, 0) is 19.1 Å². The molecule has 6 fully saturated rings. The smallest absolute Gasteiger partial charge is 0.309 e. The number of nitrogens with zero attached hydrogens (tertiary/aromatic N) is 1. The molecule has 0 aromatic carbocycles. The summed E-state index contributed by atoms with van der Waals surface area (Å²) in [4.78, 5) is 27.4. The number of carbonyl (C=O) groups is 2. The molecular formula is C41H67NO5. The van der Waals surface area contributed by atoms with Crippen LogP contribution in [0, 0.1) is 62.1 Å². The Morgan fingerprint density at radius 1 is 0.894 bits per heavy atom. The van der Waals surface area contributed by atoms with Crippen LogP contribution >= 0.6 is 0 Å².